The molecule has 0 radical (unpaired) electrons. The summed E-state index contributed by atoms with van der Waals surface area (Å²) in [5.74, 6) is 0.773. The molecule has 1 fully saturated rings. The fourth-order valence-electron chi connectivity index (χ4n) is 3.53. The van der Waals surface area contributed by atoms with E-state index < -0.39 is 17.7 Å². The molecule has 0 aliphatic carbocycles. The Morgan fingerprint density at radius 1 is 1.10 bits per heavy atom. The van der Waals surface area contributed by atoms with Gasteiger partial charge in [-0.05, 0) is 37.6 Å². The van der Waals surface area contributed by atoms with Gasteiger partial charge in [-0.2, -0.15) is 0 Å². The molecule has 3 rings (SSSR count). The van der Waals surface area contributed by atoms with Gasteiger partial charge in [-0.15, -0.1) is 13.2 Å². The first-order chi connectivity index (χ1) is 14.0. The van der Waals surface area contributed by atoms with Crippen molar-refractivity contribution < 1.29 is 37.0 Å². The van der Waals surface area contributed by atoms with Gasteiger partial charge < -0.3 is 23.8 Å². The molecule has 1 heterocycles. The van der Waals surface area contributed by atoms with Gasteiger partial charge in [-0.3, -0.25) is 0 Å². The molecule has 1 saturated heterocycles. The minimum atomic E-state index is -4.80. The lowest BCUT2D eigenvalue weighted by molar-refractivity contribution is -0.895. The maximum atomic E-state index is 12.5. The third-order valence-corrected chi connectivity index (χ3v) is 4.93. The summed E-state index contributed by atoms with van der Waals surface area (Å²) in [5.41, 5.74) is 0.975. The number of rotatable bonds is 6. The van der Waals surface area contributed by atoms with E-state index in [1.165, 1.54) is 12.1 Å². The van der Waals surface area contributed by atoms with E-state index in [2.05, 4.69) is 4.74 Å². The van der Waals surface area contributed by atoms with Crippen LogP contribution in [-0.4, -0.2) is 32.7 Å². The van der Waals surface area contributed by atoms with Gasteiger partial charge in [0.05, 0.1) is 25.8 Å². The molecule has 1 atom stereocenters. The van der Waals surface area contributed by atoms with Crippen LogP contribution in [0.1, 0.15) is 25.0 Å². The molecule has 2 aromatic rings. The van der Waals surface area contributed by atoms with Crippen molar-refractivity contribution in [1.82, 2.24) is 0 Å². The molecule has 0 spiro atoms. The Kier molecular flexibility index (Phi) is 6.31. The highest BCUT2D eigenvalue weighted by molar-refractivity contribution is 6.32. The zero-order valence-electron chi connectivity index (χ0n) is 17.0. The third kappa shape index (κ3) is 5.06. The van der Waals surface area contributed by atoms with Crippen LogP contribution >= 0.6 is 11.6 Å². The second-order valence-corrected chi connectivity index (χ2v) is 7.91. The minimum absolute atomic E-state index is 0.111. The van der Waals surface area contributed by atoms with Gasteiger partial charge in [-0.1, -0.05) is 29.8 Å². The van der Waals surface area contributed by atoms with Crippen molar-refractivity contribution >= 4 is 11.6 Å². The number of alkyl halides is 3. The number of hydrogen-bond donors (Lipinski definition) is 1. The average Bonchev–Trinajstić information content (AvgIpc) is 2.96. The number of nitrogens with one attached hydrogen (secondary N) is 1. The predicted octanol–water partition coefficient (Wildman–Crippen LogP) is 3.99. The summed E-state index contributed by atoms with van der Waals surface area (Å²) in [6.45, 7) is 5.00. The molecular formula is C21H23ClF3NO4. The van der Waals surface area contributed by atoms with Crippen molar-refractivity contribution in [3.05, 3.63) is 58.8 Å². The largest absolute Gasteiger partial charge is 0.573 e. The average molecular weight is 446 g/mol. The van der Waals surface area contributed by atoms with Gasteiger partial charge in [-0.25, -0.2) is 0 Å². The maximum Gasteiger partial charge on any atom is 0.573 e. The summed E-state index contributed by atoms with van der Waals surface area (Å²) < 4.78 is 58.7. The van der Waals surface area contributed by atoms with Crippen molar-refractivity contribution in [2.75, 3.05) is 20.8 Å². The molecule has 1 N–H and O–H groups in total. The Morgan fingerprint density at radius 2 is 1.73 bits per heavy atom. The van der Waals surface area contributed by atoms with E-state index in [1.54, 1.807) is 20.3 Å². The van der Waals surface area contributed by atoms with Gasteiger partial charge in [0, 0.05) is 17.1 Å². The topological polar surface area (TPSA) is 41.4 Å². The van der Waals surface area contributed by atoms with Crippen molar-refractivity contribution in [3.8, 4) is 17.2 Å². The number of halogens is 4. The lowest BCUT2D eigenvalue weighted by Gasteiger charge is -2.30. The molecule has 0 aromatic heterocycles. The molecule has 0 bridgehead atoms. The Balaban J connectivity index is 1.91. The van der Waals surface area contributed by atoms with E-state index in [0.29, 0.717) is 36.4 Å². The standard InChI is InChI=1S/C21H23ClF3NO4/c1-20(2)12-26(11-13-8-9-15(14(22)10-13)29-21(23,24)25)19(30-20)18-16(27-3)6-5-7-17(18)28-4/h5-10,26H,11-12H2,1-4H3. The van der Waals surface area contributed by atoms with E-state index in [9.17, 15) is 13.2 Å². The Hall–Kier alpha value is -2.29. The number of quaternary nitrogens is 1. The van der Waals surface area contributed by atoms with E-state index in [4.69, 9.17) is 25.8 Å². The minimum Gasteiger partial charge on any atom is -0.553 e. The zero-order chi connectivity index (χ0) is 22.1. The monoisotopic (exact) mass is 445 g/mol. The van der Waals surface area contributed by atoms with Crippen LogP contribution in [0, 0.1) is 6.23 Å². The molecular weight excluding hydrogens is 423 g/mol. The summed E-state index contributed by atoms with van der Waals surface area (Å²) >= 11 is 6.01. The molecule has 1 aliphatic rings. The van der Waals surface area contributed by atoms with E-state index >= 15 is 0 Å². The summed E-state index contributed by atoms with van der Waals surface area (Å²) in [6, 6.07) is 9.70. The quantitative estimate of drug-likeness (QED) is 0.683. The van der Waals surface area contributed by atoms with Gasteiger partial charge in [0.1, 0.15) is 24.1 Å². The SMILES string of the molecule is COc1cccc(OC)c1[C-]1OC(C)(C)C[NH+]1Cc1ccc(OC(F)(F)F)c(Cl)c1. The van der Waals surface area contributed by atoms with Crippen LogP contribution in [0.4, 0.5) is 13.2 Å². The van der Waals surface area contributed by atoms with Gasteiger partial charge in [0.2, 0.25) is 0 Å². The number of ether oxygens (including phenoxy) is 4. The second-order valence-electron chi connectivity index (χ2n) is 7.50. The van der Waals surface area contributed by atoms with E-state index in [1.807, 2.05) is 32.0 Å². The van der Waals surface area contributed by atoms with E-state index in [-0.39, 0.29) is 5.02 Å². The molecule has 9 heteroatoms. The highest BCUT2D eigenvalue weighted by atomic mass is 35.5. The normalized spacial score (nSPS) is 18.4. The predicted molar refractivity (Wildman–Crippen MR) is 105 cm³/mol. The molecule has 1 aliphatic heterocycles. The highest BCUT2D eigenvalue weighted by Gasteiger charge is 2.41. The summed E-state index contributed by atoms with van der Waals surface area (Å²) in [7, 11) is 3.13. The molecule has 5 nitrogen and oxygen atoms in total. The van der Waals surface area contributed by atoms with Crippen molar-refractivity contribution in [2.45, 2.75) is 32.4 Å². The molecule has 2 aromatic carbocycles. The van der Waals surface area contributed by atoms with Crippen LogP contribution in [0.15, 0.2) is 36.4 Å². The third-order valence-electron chi connectivity index (χ3n) is 4.63. The number of benzene rings is 2. The lowest BCUT2D eigenvalue weighted by Crippen LogP contribution is -3.10. The van der Waals surface area contributed by atoms with Crippen molar-refractivity contribution in [2.24, 2.45) is 0 Å². The molecule has 1 unspecified atom stereocenters. The first-order valence-corrected chi connectivity index (χ1v) is 9.57. The zero-order valence-corrected chi connectivity index (χ0v) is 17.8. The first-order valence-electron chi connectivity index (χ1n) is 9.19. The molecule has 0 amide bonds. The fraction of sp³-hybridized carbons (Fsp3) is 0.381. The Morgan fingerprint density at radius 3 is 2.27 bits per heavy atom. The van der Waals surface area contributed by atoms with Crippen LogP contribution < -0.4 is 19.1 Å². The smallest absolute Gasteiger partial charge is 0.553 e. The maximum absolute atomic E-state index is 12.5. The number of hydrogen-bond acceptors (Lipinski definition) is 4. The summed E-state index contributed by atoms with van der Waals surface area (Å²) in [4.78, 5) is 0.961. The Labute approximate surface area is 178 Å². The first kappa shape index (κ1) is 22.4. The van der Waals surface area contributed by atoms with Gasteiger partial charge in [0.25, 0.3) is 0 Å². The fourth-order valence-corrected chi connectivity index (χ4v) is 3.77. The van der Waals surface area contributed by atoms with E-state index in [0.717, 1.165) is 10.5 Å². The Bertz CT molecular complexity index is 882. The summed E-state index contributed by atoms with van der Waals surface area (Å²) in [5, 5.41) is -0.111. The van der Waals surface area contributed by atoms with Crippen LogP contribution in [0.5, 0.6) is 17.2 Å². The molecule has 0 saturated carbocycles. The highest BCUT2D eigenvalue weighted by Crippen LogP contribution is 2.37. The van der Waals surface area contributed by atoms with Crippen molar-refractivity contribution in [1.29, 1.82) is 0 Å². The van der Waals surface area contributed by atoms with Crippen LogP contribution in [0.25, 0.3) is 0 Å². The summed E-state index contributed by atoms with van der Waals surface area (Å²) in [6.07, 6.45) is -4.16. The van der Waals surface area contributed by atoms with Crippen LogP contribution in [-0.2, 0) is 11.3 Å². The molecule has 164 valence electrons. The molecule has 30 heavy (non-hydrogen) atoms. The van der Waals surface area contributed by atoms with Gasteiger partial charge >= 0.3 is 6.36 Å². The number of methoxy groups -OCH3 is 2. The van der Waals surface area contributed by atoms with Crippen LogP contribution in [0.2, 0.25) is 5.02 Å². The van der Waals surface area contributed by atoms with Gasteiger partial charge in [0.15, 0.2) is 0 Å². The second kappa shape index (κ2) is 8.45. The van der Waals surface area contributed by atoms with Crippen LogP contribution in [0.3, 0.4) is 0 Å². The lowest BCUT2D eigenvalue weighted by atomic mass is 10.1. The van der Waals surface area contributed by atoms with Crippen molar-refractivity contribution in [3.63, 3.8) is 0 Å².